The van der Waals surface area contributed by atoms with Crippen molar-refractivity contribution in [2.45, 2.75) is 39.2 Å². The van der Waals surface area contributed by atoms with Crippen molar-refractivity contribution in [1.29, 1.82) is 0 Å². The van der Waals surface area contributed by atoms with Gasteiger partial charge in [0.05, 0.1) is 6.61 Å². The van der Waals surface area contributed by atoms with Crippen LogP contribution in [0.2, 0.25) is 0 Å². The molecule has 3 heteroatoms. The molecule has 1 aliphatic heterocycles. The Balaban J connectivity index is 1.83. The lowest BCUT2D eigenvalue weighted by molar-refractivity contribution is 0.349. The highest BCUT2D eigenvalue weighted by Gasteiger charge is 2.49. The largest absolute Gasteiger partial charge is 0.493 e. The molecule has 2 aliphatic rings. The van der Waals surface area contributed by atoms with Crippen molar-refractivity contribution in [1.82, 2.24) is 5.32 Å². The molecule has 1 fully saturated rings. The Morgan fingerprint density at radius 1 is 1.47 bits per heavy atom. The zero-order chi connectivity index (χ0) is 13.6. The van der Waals surface area contributed by atoms with Crippen LogP contribution in [0.15, 0.2) is 16.6 Å². The maximum absolute atomic E-state index is 5.83. The van der Waals surface area contributed by atoms with Gasteiger partial charge >= 0.3 is 0 Å². The van der Waals surface area contributed by atoms with E-state index in [1.807, 2.05) is 0 Å². The van der Waals surface area contributed by atoms with Crippen LogP contribution >= 0.6 is 15.9 Å². The Morgan fingerprint density at radius 2 is 2.21 bits per heavy atom. The average molecular weight is 324 g/mol. The lowest BCUT2D eigenvalue weighted by Crippen LogP contribution is -2.31. The number of rotatable bonds is 4. The smallest absolute Gasteiger partial charge is 0.125 e. The minimum absolute atomic E-state index is 0.504. The van der Waals surface area contributed by atoms with Gasteiger partial charge < -0.3 is 10.1 Å². The zero-order valence-corrected chi connectivity index (χ0v) is 13.5. The monoisotopic (exact) mass is 323 g/mol. The number of likely N-dealkylation sites (N-methyl/N-ethyl adjacent to an activating group) is 1. The summed E-state index contributed by atoms with van der Waals surface area (Å²) in [4.78, 5) is 0. The molecule has 0 saturated heterocycles. The van der Waals surface area contributed by atoms with Gasteiger partial charge in [-0.3, -0.25) is 0 Å². The maximum Gasteiger partial charge on any atom is 0.125 e. The van der Waals surface area contributed by atoms with E-state index in [1.165, 1.54) is 22.0 Å². The summed E-state index contributed by atoms with van der Waals surface area (Å²) < 4.78 is 7.01. The molecular weight excluding hydrogens is 302 g/mol. The van der Waals surface area contributed by atoms with Gasteiger partial charge in [0.1, 0.15) is 5.75 Å². The van der Waals surface area contributed by atoms with E-state index in [-0.39, 0.29) is 0 Å². The molecule has 1 aromatic rings. The first-order chi connectivity index (χ1) is 9.01. The fourth-order valence-corrected chi connectivity index (χ4v) is 3.93. The fraction of sp³-hybridized carbons (Fsp3) is 0.625. The molecule has 19 heavy (non-hydrogen) atoms. The molecule has 3 rings (SSSR count). The first-order valence-corrected chi connectivity index (χ1v) is 7.92. The van der Waals surface area contributed by atoms with Crippen molar-refractivity contribution < 1.29 is 4.74 Å². The van der Waals surface area contributed by atoms with Gasteiger partial charge in [-0.05, 0) is 54.5 Å². The summed E-state index contributed by atoms with van der Waals surface area (Å²) in [6.07, 6.45) is 3.43. The molecule has 2 nitrogen and oxygen atoms in total. The quantitative estimate of drug-likeness (QED) is 0.914. The highest BCUT2D eigenvalue weighted by Crippen LogP contribution is 2.54. The van der Waals surface area contributed by atoms with E-state index in [2.05, 4.69) is 54.3 Å². The Labute approximate surface area is 124 Å². The summed E-state index contributed by atoms with van der Waals surface area (Å²) in [5, 5.41) is 3.51. The highest BCUT2D eigenvalue weighted by molar-refractivity contribution is 9.10. The third kappa shape index (κ3) is 2.55. The molecule has 2 atom stereocenters. The summed E-state index contributed by atoms with van der Waals surface area (Å²) in [7, 11) is 2.08. The second-order valence-electron chi connectivity index (χ2n) is 6.55. The van der Waals surface area contributed by atoms with Crippen LogP contribution in [0.3, 0.4) is 0 Å². The molecule has 0 aromatic heterocycles. The molecule has 2 unspecified atom stereocenters. The van der Waals surface area contributed by atoms with Gasteiger partial charge in [-0.25, -0.2) is 0 Å². The van der Waals surface area contributed by atoms with E-state index in [4.69, 9.17) is 4.74 Å². The van der Waals surface area contributed by atoms with Crippen molar-refractivity contribution in [3.63, 3.8) is 0 Å². The molecule has 0 bridgehead atoms. The van der Waals surface area contributed by atoms with Crippen molar-refractivity contribution in [3.8, 4) is 5.75 Å². The molecule has 1 aromatic carbocycles. The number of nitrogens with one attached hydrogen (secondary N) is 1. The van der Waals surface area contributed by atoms with E-state index in [9.17, 15) is 0 Å². The molecule has 0 radical (unpaired) electrons. The fourth-order valence-electron chi connectivity index (χ4n) is 3.37. The Hall–Kier alpha value is -0.540. The predicted octanol–water partition coefficient (Wildman–Crippen LogP) is 3.56. The molecule has 104 valence electrons. The standard InChI is InChI=1S/C16H22BrNO/c1-16(2)9-13(16)14(18-3)8-11-7-12(17)6-10-4-5-19-15(10)11/h6-7,13-14,18H,4-5,8-9H2,1-3H3. The Bertz CT molecular complexity index is 498. The van der Waals surface area contributed by atoms with Crippen LogP contribution in [-0.4, -0.2) is 19.7 Å². The van der Waals surface area contributed by atoms with E-state index >= 15 is 0 Å². The Kier molecular flexibility index (Phi) is 3.38. The van der Waals surface area contributed by atoms with Crippen LogP contribution in [0, 0.1) is 11.3 Å². The number of benzene rings is 1. The van der Waals surface area contributed by atoms with Crippen LogP contribution in [0.1, 0.15) is 31.4 Å². The third-order valence-electron chi connectivity index (χ3n) is 4.71. The van der Waals surface area contributed by atoms with Crippen LogP contribution in [-0.2, 0) is 12.8 Å². The Morgan fingerprint density at radius 3 is 2.84 bits per heavy atom. The van der Waals surface area contributed by atoms with E-state index < -0.39 is 0 Å². The van der Waals surface area contributed by atoms with Gasteiger partial charge in [0, 0.05) is 16.9 Å². The van der Waals surface area contributed by atoms with Crippen LogP contribution < -0.4 is 10.1 Å². The SMILES string of the molecule is CNC(Cc1cc(Br)cc2c1OCC2)C1CC1(C)C. The second kappa shape index (κ2) is 4.78. The number of hydrogen-bond donors (Lipinski definition) is 1. The summed E-state index contributed by atoms with van der Waals surface area (Å²) in [6, 6.07) is 4.98. The first kappa shape index (κ1) is 13.4. The third-order valence-corrected chi connectivity index (χ3v) is 5.17. The molecule has 0 spiro atoms. The average Bonchev–Trinajstić information content (AvgIpc) is 2.76. The molecule has 0 amide bonds. The highest BCUT2D eigenvalue weighted by atomic mass is 79.9. The van der Waals surface area contributed by atoms with Crippen molar-refractivity contribution in [2.75, 3.05) is 13.7 Å². The zero-order valence-electron chi connectivity index (χ0n) is 11.9. The van der Waals surface area contributed by atoms with Crippen LogP contribution in [0.4, 0.5) is 0 Å². The number of fused-ring (bicyclic) bond motifs is 1. The van der Waals surface area contributed by atoms with Gasteiger partial charge in [-0.2, -0.15) is 0 Å². The summed E-state index contributed by atoms with van der Waals surface area (Å²) in [6.45, 7) is 5.56. The number of hydrogen-bond acceptors (Lipinski definition) is 2. The van der Waals surface area contributed by atoms with E-state index in [1.54, 1.807) is 0 Å². The van der Waals surface area contributed by atoms with Crippen molar-refractivity contribution in [2.24, 2.45) is 11.3 Å². The lowest BCUT2D eigenvalue weighted by Gasteiger charge is -2.19. The van der Waals surface area contributed by atoms with E-state index in [0.29, 0.717) is 11.5 Å². The van der Waals surface area contributed by atoms with Gasteiger partial charge in [-0.15, -0.1) is 0 Å². The van der Waals surface area contributed by atoms with Crippen LogP contribution in [0.25, 0.3) is 0 Å². The predicted molar refractivity (Wildman–Crippen MR) is 81.8 cm³/mol. The first-order valence-electron chi connectivity index (χ1n) is 7.12. The summed E-state index contributed by atoms with van der Waals surface area (Å²) in [5.41, 5.74) is 3.21. The molecule has 1 heterocycles. The van der Waals surface area contributed by atoms with Gasteiger partial charge in [0.25, 0.3) is 0 Å². The normalized spacial score (nSPS) is 24.7. The van der Waals surface area contributed by atoms with Gasteiger partial charge in [0.2, 0.25) is 0 Å². The van der Waals surface area contributed by atoms with Crippen molar-refractivity contribution in [3.05, 3.63) is 27.7 Å². The lowest BCUT2D eigenvalue weighted by atomic mass is 9.95. The van der Waals surface area contributed by atoms with Crippen molar-refractivity contribution >= 4 is 15.9 Å². The minimum atomic E-state index is 0.504. The summed E-state index contributed by atoms with van der Waals surface area (Å²) >= 11 is 3.63. The number of ether oxygens (including phenoxy) is 1. The minimum Gasteiger partial charge on any atom is -0.493 e. The van der Waals surface area contributed by atoms with Crippen LogP contribution in [0.5, 0.6) is 5.75 Å². The maximum atomic E-state index is 5.83. The van der Waals surface area contributed by atoms with Gasteiger partial charge in [-0.1, -0.05) is 29.8 Å². The second-order valence-corrected chi connectivity index (χ2v) is 7.47. The molecule has 1 saturated carbocycles. The number of halogens is 1. The molecular formula is C16H22BrNO. The molecule has 1 aliphatic carbocycles. The summed E-state index contributed by atoms with van der Waals surface area (Å²) in [5.74, 6) is 1.93. The molecule has 1 N–H and O–H groups in total. The van der Waals surface area contributed by atoms with Gasteiger partial charge in [0.15, 0.2) is 0 Å². The van der Waals surface area contributed by atoms with E-state index in [0.717, 1.165) is 31.1 Å². The topological polar surface area (TPSA) is 21.3 Å².